The predicted octanol–water partition coefficient (Wildman–Crippen LogP) is 3.86. The molecule has 2 fully saturated rings. The molecule has 2 aliphatic carbocycles. The highest BCUT2D eigenvalue weighted by Crippen LogP contribution is 2.61. The van der Waals surface area contributed by atoms with Crippen molar-refractivity contribution in [3.8, 4) is 0 Å². The molecule has 1 spiro atoms. The van der Waals surface area contributed by atoms with Gasteiger partial charge in [0.15, 0.2) is 0 Å². The molecule has 0 heteroatoms. The Balaban J connectivity index is 2.15. The molecule has 2 rings (SSSR count). The lowest BCUT2D eigenvalue weighted by molar-refractivity contribution is 0.0621. The molecule has 0 N–H and O–H groups in total. The Kier molecular flexibility index (Phi) is 1.97. The van der Waals surface area contributed by atoms with Crippen LogP contribution in [0.5, 0.6) is 0 Å². The zero-order valence-corrected chi connectivity index (χ0v) is 8.77. The van der Waals surface area contributed by atoms with Gasteiger partial charge in [-0.25, -0.2) is 0 Å². The maximum atomic E-state index is 2.48. The fraction of sp³-hybridized carbons (Fsp3) is 1.00. The summed E-state index contributed by atoms with van der Waals surface area (Å²) in [6.07, 6.45) is 7.55. The average Bonchev–Trinajstić information content (AvgIpc) is 2.24. The molecule has 0 nitrogen and oxygen atoms in total. The lowest BCUT2D eigenvalue weighted by atomic mass is 9.61. The Morgan fingerprint density at radius 1 is 1.25 bits per heavy atom. The number of hydrogen-bond acceptors (Lipinski definition) is 0. The first-order valence-corrected chi connectivity index (χ1v) is 5.69. The van der Waals surface area contributed by atoms with Crippen molar-refractivity contribution in [1.82, 2.24) is 0 Å². The molecule has 12 heavy (non-hydrogen) atoms. The lowest BCUT2D eigenvalue weighted by Crippen LogP contribution is -2.34. The topological polar surface area (TPSA) is 0 Å². The Morgan fingerprint density at radius 2 is 1.92 bits per heavy atom. The van der Waals surface area contributed by atoms with E-state index in [4.69, 9.17) is 0 Å². The summed E-state index contributed by atoms with van der Waals surface area (Å²) in [5.74, 6) is 3.05. The maximum Gasteiger partial charge on any atom is -0.0264 e. The molecule has 70 valence electrons. The third kappa shape index (κ3) is 0.963. The van der Waals surface area contributed by atoms with Gasteiger partial charge in [-0.2, -0.15) is 0 Å². The first-order valence-electron chi connectivity index (χ1n) is 5.69. The molecule has 0 heterocycles. The predicted molar refractivity (Wildman–Crippen MR) is 53.0 cm³/mol. The van der Waals surface area contributed by atoms with E-state index in [0.29, 0.717) is 0 Å². The first kappa shape index (κ1) is 8.59. The molecule has 0 amide bonds. The van der Waals surface area contributed by atoms with E-state index in [0.717, 1.165) is 23.2 Å². The van der Waals surface area contributed by atoms with Crippen molar-refractivity contribution >= 4 is 0 Å². The fourth-order valence-electron chi connectivity index (χ4n) is 3.94. The van der Waals surface area contributed by atoms with Crippen LogP contribution in [-0.2, 0) is 0 Å². The molecular formula is C12H22. The van der Waals surface area contributed by atoms with E-state index in [-0.39, 0.29) is 0 Å². The van der Waals surface area contributed by atoms with Gasteiger partial charge in [0.05, 0.1) is 0 Å². The van der Waals surface area contributed by atoms with Gasteiger partial charge in [-0.3, -0.25) is 0 Å². The molecule has 3 atom stereocenters. The Morgan fingerprint density at radius 3 is 2.25 bits per heavy atom. The second-order valence-corrected chi connectivity index (χ2v) is 5.27. The maximum absolute atomic E-state index is 2.48. The van der Waals surface area contributed by atoms with Gasteiger partial charge in [-0.1, -0.05) is 33.6 Å². The van der Waals surface area contributed by atoms with Crippen LogP contribution in [0.3, 0.4) is 0 Å². The van der Waals surface area contributed by atoms with Crippen LogP contribution in [0.2, 0.25) is 0 Å². The van der Waals surface area contributed by atoms with E-state index < -0.39 is 0 Å². The van der Waals surface area contributed by atoms with Crippen LogP contribution >= 0.6 is 0 Å². The SMILES string of the molecule is CCC1C(C)C(C)CC12CCC2. The summed E-state index contributed by atoms with van der Waals surface area (Å²) in [5, 5.41) is 0. The molecular weight excluding hydrogens is 144 g/mol. The van der Waals surface area contributed by atoms with Gasteiger partial charge in [0, 0.05) is 0 Å². The summed E-state index contributed by atoms with van der Waals surface area (Å²) < 4.78 is 0. The van der Waals surface area contributed by atoms with Crippen molar-refractivity contribution < 1.29 is 0 Å². The molecule has 0 aliphatic heterocycles. The molecule has 0 radical (unpaired) electrons. The van der Waals surface area contributed by atoms with E-state index in [1.807, 2.05) is 0 Å². The van der Waals surface area contributed by atoms with Crippen LogP contribution in [-0.4, -0.2) is 0 Å². The minimum absolute atomic E-state index is 0.827. The van der Waals surface area contributed by atoms with Crippen LogP contribution in [0.1, 0.15) is 52.9 Å². The molecule has 2 saturated carbocycles. The van der Waals surface area contributed by atoms with Gasteiger partial charge in [0.25, 0.3) is 0 Å². The summed E-state index contributed by atoms with van der Waals surface area (Å²) >= 11 is 0. The lowest BCUT2D eigenvalue weighted by Gasteiger charge is -2.44. The summed E-state index contributed by atoms with van der Waals surface area (Å²) in [7, 11) is 0. The smallest absolute Gasteiger partial charge is 0.0264 e. The average molecular weight is 166 g/mol. The first-order chi connectivity index (χ1) is 5.69. The van der Waals surface area contributed by atoms with E-state index in [2.05, 4.69) is 20.8 Å². The quantitative estimate of drug-likeness (QED) is 0.555. The Bertz CT molecular complexity index is 167. The summed E-state index contributed by atoms with van der Waals surface area (Å²) in [5.41, 5.74) is 0.827. The van der Waals surface area contributed by atoms with E-state index in [1.54, 1.807) is 12.8 Å². The summed E-state index contributed by atoms with van der Waals surface area (Å²) in [6, 6.07) is 0. The molecule has 0 aromatic rings. The van der Waals surface area contributed by atoms with E-state index >= 15 is 0 Å². The van der Waals surface area contributed by atoms with Crippen molar-refractivity contribution in [2.45, 2.75) is 52.9 Å². The minimum Gasteiger partial charge on any atom is -0.0651 e. The summed E-state index contributed by atoms with van der Waals surface area (Å²) in [6.45, 7) is 7.32. The second kappa shape index (κ2) is 2.75. The Hall–Kier alpha value is 0. The second-order valence-electron chi connectivity index (χ2n) is 5.27. The Labute approximate surface area is 76.7 Å². The molecule has 0 aromatic carbocycles. The van der Waals surface area contributed by atoms with E-state index in [1.165, 1.54) is 19.3 Å². The zero-order chi connectivity index (χ0) is 8.77. The van der Waals surface area contributed by atoms with Gasteiger partial charge in [-0.15, -0.1) is 0 Å². The van der Waals surface area contributed by atoms with Crippen molar-refractivity contribution in [3.05, 3.63) is 0 Å². The summed E-state index contributed by atoms with van der Waals surface area (Å²) in [4.78, 5) is 0. The molecule has 0 bridgehead atoms. The van der Waals surface area contributed by atoms with Crippen LogP contribution < -0.4 is 0 Å². The van der Waals surface area contributed by atoms with Crippen LogP contribution in [0.15, 0.2) is 0 Å². The number of rotatable bonds is 1. The van der Waals surface area contributed by atoms with Crippen molar-refractivity contribution in [2.75, 3.05) is 0 Å². The monoisotopic (exact) mass is 166 g/mol. The normalized spacial score (nSPS) is 44.8. The highest BCUT2D eigenvalue weighted by atomic mass is 14.6. The third-order valence-corrected chi connectivity index (χ3v) is 4.84. The highest BCUT2D eigenvalue weighted by molar-refractivity contribution is 5.01. The van der Waals surface area contributed by atoms with Gasteiger partial charge in [-0.05, 0) is 42.4 Å². The standard InChI is InChI=1S/C12H22/c1-4-11-10(3)9(2)8-12(11)6-5-7-12/h9-11H,4-8H2,1-3H3. The van der Waals surface area contributed by atoms with Crippen molar-refractivity contribution in [3.63, 3.8) is 0 Å². The van der Waals surface area contributed by atoms with Gasteiger partial charge < -0.3 is 0 Å². The molecule has 3 unspecified atom stereocenters. The highest BCUT2D eigenvalue weighted by Gasteiger charge is 2.51. The van der Waals surface area contributed by atoms with Crippen molar-refractivity contribution in [1.29, 1.82) is 0 Å². The van der Waals surface area contributed by atoms with E-state index in [9.17, 15) is 0 Å². The van der Waals surface area contributed by atoms with Crippen molar-refractivity contribution in [2.24, 2.45) is 23.2 Å². The minimum atomic E-state index is 0.827. The van der Waals surface area contributed by atoms with Gasteiger partial charge >= 0.3 is 0 Å². The third-order valence-electron chi connectivity index (χ3n) is 4.84. The van der Waals surface area contributed by atoms with Crippen LogP contribution in [0.25, 0.3) is 0 Å². The number of hydrogen-bond donors (Lipinski definition) is 0. The largest absolute Gasteiger partial charge is 0.0651 e. The fourth-order valence-corrected chi connectivity index (χ4v) is 3.94. The molecule has 0 saturated heterocycles. The van der Waals surface area contributed by atoms with Gasteiger partial charge in [0.1, 0.15) is 0 Å². The zero-order valence-electron chi connectivity index (χ0n) is 8.77. The molecule has 2 aliphatic rings. The molecule has 0 aromatic heterocycles. The van der Waals surface area contributed by atoms with Crippen LogP contribution in [0, 0.1) is 23.2 Å². The van der Waals surface area contributed by atoms with Gasteiger partial charge in [0.2, 0.25) is 0 Å². The van der Waals surface area contributed by atoms with Crippen LogP contribution in [0.4, 0.5) is 0 Å².